The van der Waals surface area contributed by atoms with Gasteiger partial charge in [-0.3, -0.25) is 0 Å². The molecule has 0 bridgehead atoms. The Hall–Kier alpha value is -1.54. The van der Waals surface area contributed by atoms with E-state index in [-0.39, 0.29) is 4.21 Å². The van der Waals surface area contributed by atoms with Crippen LogP contribution in [0, 0.1) is 0 Å². The van der Waals surface area contributed by atoms with E-state index in [1.165, 1.54) is 16.6 Å². The minimum absolute atomic E-state index is 0.234. The van der Waals surface area contributed by atoms with Crippen LogP contribution in [0.2, 0.25) is 0 Å². The molecule has 1 unspecified atom stereocenters. The van der Waals surface area contributed by atoms with Crippen molar-refractivity contribution >= 4 is 37.5 Å². The lowest BCUT2D eigenvalue weighted by atomic mass is 9.99. The number of halogens is 1. The summed E-state index contributed by atoms with van der Waals surface area (Å²) in [7, 11) is -2.04. The molecule has 2 aromatic carbocycles. The molecule has 0 saturated heterocycles. The largest absolute Gasteiger partial charge is 0.254 e. The average Bonchev–Trinajstić information content (AvgIpc) is 3.13. The topological polar surface area (TPSA) is 50.3 Å². The molecule has 124 valence electrons. The van der Waals surface area contributed by atoms with Gasteiger partial charge in [-0.1, -0.05) is 64.5 Å². The van der Waals surface area contributed by atoms with Gasteiger partial charge in [0.05, 0.1) is 6.04 Å². The molecule has 3 aromatic rings. The highest BCUT2D eigenvalue weighted by Gasteiger charge is 2.32. The zero-order valence-corrected chi connectivity index (χ0v) is 16.1. The van der Waals surface area contributed by atoms with Gasteiger partial charge in [0.25, 0.3) is 10.0 Å². The highest BCUT2D eigenvalue weighted by atomic mass is 79.9. The average molecular weight is 423 g/mol. The van der Waals surface area contributed by atoms with E-state index in [0.717, 1.165) is 27.1 Å². The Morgan fingerprint density at radius 2 is 1.71 bits per heavy atom. The number of hydrogen-bond acceptors (Lipinski definition) is 4. The second kappa shape index (κ2) is 7.14. The highest BCUT2D eigenvalue weighted by molar-refractivity contribution is 9.10. The Labute approximate surface area is 154 Å². The molecule has 7 heteroatoms. The first-order valence-corrected chi connectivity index (χ1v) is 10.2. The maximum absolute atomic E-state index is 13.0. The van der Waals surface area contributed by atoms with Crippen LogP contribution in [0.4, 0.5) is 0 Å². The third-order valence-corrected chi connectivity index (χ3v) is 7.46. The number of hydrogen-bond donors (Lipinski definition) is 0. The van der Waals surface area contributed by atoms with Crippen molar-refractivity contribution in [2.24, 2.45) is 0 Å². The SMILES string of the molecule is CN(C(c1ccccc1)c1ccccc1Br)S(=O)(=O)c1ccns1. The van der Waals surface area contributed by atoms with Crippen LogP contribution in [-0.2, 0) is 10.0 Å². The molecule has 0 aliphatic carbocycles. The molecule has 0 radical (unpaired) electrons. The van der Waals surface area contributed by atoms with Crippen molar-refractivity contribution in [1.29, 1.82) is 0 Å². The Morgan fingerprint density at radius 1 is 1.04 bits per heavy atom. The van der Waals surface area contributed by atoms with Crippen LogP contribution < -0.4 is 0 Å². The molecule has 0 spiro atoms. The van der Waals surface area contributed by atoms with Gasteiger partial charge < -0.3 is 0 Å². The Morgan fingerprint density at radius 3 is 2.33 bits per heavy atom. The Kier molecular flexibility index (Phi) is 5.15. The second-order valence-corrected chi connectivity index (χ2v) is 9.10. The van der Waals surface area contributed by atoms with E-state index < -0.39 is 16.1 Å². The summed E-state index contributed by atoms with van der Waals surface area (Å²) in [5, 5.41) is 0. The van der Waals surface area contributed by atoms with E-state index in [0.29, 0.717) is 0 Å². The van der Waals surface area contributed by atoms with Crippen LogP contribution in [0.1, 0.15) is 17.2 Å². The van der Waals surface area contributed by atoms with Crippen molar-refractivity contribution in [3.63, 3.8) is 0 Å². The molecule has 0 saturated carbocycles. The molecular weight excluding hydrogens is 408 g/mol. The van der Waals surface area contributed by atoms with Gasteiger partial charge in [0.2, 0.25) is 0 Å². The third kappa shape index (κ3) is 3.30. The molecule has 24 heavy (non-hydrogen) atoms. The van der Waals surface area contributed by atoms with E-state index >= 15 is 0 Å². The maximum Gasteiger partial charge on any atom is 0.254 e. The lowest BCUT2D eigenvalue weighted by Crippen LogP contribution is -2.31. The fourth-order valence-corrected chi connectivity index (χ4v) is 5.27. The van der Waals surface area contributed by atoms with Crippen LogP contribution in [0.5, 0.6) is 0 Å². The molecular formula is C17H15BrN2O2S2. The fraction of sp³-hybridized carbons (Fsp3) is 0.118. The van der Waals surface area contributed by atoms with Gasteiger partial charge in [-0.05, 0) is 34.8 Å². The van der Waals surface area contributed by atoms with E-state index in [1.54, 1.807) is 7.05 Å². The van der Waals surface area contributed by atoms with Crippen molar-refractivity contribution in [3.05, 3.63) is 82.5 Å². The maximum atomic E-state index is 13.0. The first-order chi connectivity index (χ1) is 11.5. The highest BCUT2D eigenvalue weighted by Crippen LogP contribution is 2.36. The van der Waals surface area contributed by atoms with Gasteiger partial charge in [-0.2, -0.15) is 8.68 Å². The number of benzene rings is 2. The number of rotatable bonds is 5. The summed E-state index contributed by atoms with van der Waals surface area (Å²) >= 11 is 4.53. The minimum Gasteiger partial charge on any atom is -0.206 e. The van der Waals surface area contributed by atoms with Gasteiger partial charge in [0, 0.05) is 17.7 Å². The smallest absolute Gasteiger partial charge is 0.206 e. The first-order valence-electron chi connectivity index (χ1n) is 7.20. The fourth-order valence-electron chi connectivity index (χ4n) is 2.54. The minimum atomic E-state index is -3.64. The van der Waals surface area contributed by atoms with Crippen molar-refractivity contribution in [2.45, 2.75) is 10.3 Å². The van der Waals surface area contributed by atoms with Crippen LogP contribution >= 0.6 is 27.5 Å². The summed E-state index contributed by atoms with van der Waals surface area (Å²) in [6.07, 6.45) is 1.50. The third-order valence-electron chi connectivity index (χ3n) is 3.73. The predicted octanol–water partition coefficient (Wildman–Crippen LogP) is 4.32. The molecule has 0 aliphatic rings. The number of aromatic nitrogens is 1. The number of sulfonamides is 1. The van der Waals surface area contributed by atoms with Gasteiger partial charge in [-0.15, -0.1) is 0 Å². The van der Waals surface area contributed by atoms with Crippen molar-refractivity contribution in [2.75, 3.05) is 7.05 Å². The van der Waals surface area contributed by atoms with Crippen molar-refractivity contribution in [1.82, 2.24) is 8.68 Å². The van der Waals surface area contributed by atoms with Crippen LogP contribution in [-0.4, -0.2) is 24.1 Å². The Bertz CT molecular complexity index is 913. The van der Waals surface area contributed by atoms with Crippen LogP contribution in [0.15, 0.2) is 75.5 Å². The molecule has 0 amide bonds. The summed E-state index contributed by atoms with van der Waals surface area (Å²) in [6.45, 7) is 0. The van der Waals surface area contributed by atoms with E-state index in [9.17, 15) is 8.42 Å². The molecule has 1 heterocycles. The van der Waals surface area contributed by atoms with E-state index in [4.69, 9.17) is 0 Å². The van der Waals surface area contributed by atoms with Crippen molar-refractivity contribution in [3.8, 4) is 0 Å². The normalized spacial score (nSPS) is 13.1. The molecule has 0 fully saturated rings. The predicted molar refractivity (Wildman–Crippen MR) is 99.5 cm³/mol. The van der Waals surface area contributed by atoms with Gasteiger partial charge in [0.15, 0.2) is 4.21 Å². The summed E-state index contributed by atoms with van der Waals surface area (Å²) < 4.78 is 32.4. The van der Waals surface area contributed by atoms with Gasteiger partial charge in [-0.25, -0.2) is 8.42 Å². The summed E-state index contributed by atoms with van der Waals surface area (Å²) in [5.41, 5.74) is 1.79. The van der Waals surface area contributed by atoms with Crippen LogP contribution in [0.25, 0.3) is 0 Å². The molecule has 3 rings (SSSR count). The van der Waals surface area contributed by atoms with Gasteiger partial charge in [0.1, 0.15) is 0 Å². The first kappa shape index (κ1) is 17.3. The lowest BCUT2D eigenvalue weighted by molar-refractivity contribution is 0.418. The zero-order valence-electron chi connectivity index (χ0n) is 12.8. The Balaban J connectivity index is 2.14. The van der Waals surface area contributed by atoms with E-state index in [2.05, 4.69) is 20.3 Å². The molecule has 1 atom stereocenters. The van der Waals surface area contributed by atoms with Crippen molar-refractivity contribution < 1.29 is 8.42 Å². The molecule has 1 aromatic heterocycles. The zero-order chi connectivity index (χ0) is 17.2. The standard InChI is InChI=1S/C17H15BrN2O2S2/c1-20(24(21,22)16-11-12-19-23-16)17(13-7-3-2-4-8-13)14-9-5-6-10-15(14)18/h2-12,17H,1H3. The monoisotopic (exact) mass is 422 g/mol. The molecule has 0 aliphatic heterocycles. The van der Waals surface area contributed by atoms with Crippen LogP contribution in [0.3, 0.4) is 0 Å². The second-order valence-electron chi connectivity index (χ2n) is 5.19. The summed E-state index contributed by atoms with van der Waals surface area (Å²) in [6, 6.07) is 18.4. The lowest BCUT2D eigenvalue weighted by Gasteiger charge is -2.28. The number of nitrogens with zero attached hydrogens (tertiary/aromatic N) is 2. The molecule has 4 nitrogen and oxygen atoms in total. The molecule has 0 N–H and O–H groups in total. The van der Waals surface area contributed by atoms with Gasteiger partial charge >= 0.3 is 0 Å². The van der Waals surface area contributed by atoms with E-state index in [1.807, 2.05) is 54.6 Å². The summed E-state index contributed by atoms with van der Waals surface area (Å²) in [4.78, 5) is 0. The summed E-state index contributed by atoms with van der Waals surface area (Å²) in [5.74, 6) is 0. The quantitative estimate of drug-likeness (QED) is 0.615.